The SMILES string of the molecule is Cc1ccccc1-n1c(Cc2ccccc2)nnc1SCCCCC(=O)N1CCN(C(=O)c2ccc([N+](=O)[O-])cc2)C(C)C1. The van der Waals surface area contributed by atoms with Crippen molar-refractivity contribution < 1.29 is 14.5 Å². The van der Waals surface area contributed by atoms with Gasteiger partial charge in [-0.2, -0.15) is 0 Å². The van der Waals surface area contributed by atoms with Crippen molar-refractivity contribution in [2.24, 2.45) is 0 Å². The van der Waals surface area contributed by atoms with E-state index in [0.29, 0.717) is 38.0 Å². The van der Waals surface area contributed by atoms with Crippen LogP contribution in [0, 0.1) is 17.0 Å². The standard InChI is InChI=1S/C33H36N6O4S/c1-24-10-6-7-13-29(24)38-30(22-26-11-4-3-5-12-26)34-35-33(38)44-21-9-8-14-31(40)36-19-20-37(25(2)23-36)32(41)27-15-17-28(18-16-27)39(42)43/h3-7,10-13,15-18,25H,8-9,14,19-23H2,1-2H3. The Morgan fingerprint density at radius 1 is 0.955 bits per heavy atom. The molecule has 2 amide bonds. The van der Waals surface area contributed by atoms with Gasteiger partial charge in [0.15, 0.2) is 5.16 Å². The fourth-order valence-electron chi connectivity index (χ4n) is 5.42. The first-order valence-electron chi connectivity index (χ1n) is 14.8. The van der Waals surface area contributed by atoms with Gasteiger partial charge in [-0.25, -0.2) is 0 Å². The molecule has 4 aromatic rings. The summed E-state index contributed by atoms with van der Waals surface area (Å²) in [7, 11) is 0. The van der Waals surface area contributed by atoms with Crippen molar-refractivity contribution >= 4 is 29.3 Å². The number of carbonyl (C=O) groups excluding carboxylic acids is 2. The van der Waals surface area contributed by atoms with Gasteiger partial charge in [-0.3, -0.25) is 24.3 Å². The predicted octanol–water partition coefficient (Wildman–Crippen LogP) is 5.71. The summed E-state index contributed by atoms with van der Waals surface area (Å²) < 4.78 is 2.15. The largest absolute Gasteiger partial charge is 0.339 e. The molecular weight excluding hydrogens is 576 g/mol. The van der Waals surface area contributed by atoms with Crippen LogP contribution in [0.15, 0.2) is 84.0 Å². The number of aryl methyl sites for hydroxylation is 1. The summed E-state index contributed by atoms with van der Waals surface area (Å²) in [6, 6.07) is 24.0. The van der Waals surface area contributed by atoms with Crippen LogP contribution < -0.4 is 0 Å². The summed E-state index contributed by atoms with van der Waals surface area (Å²) in [6.07, 6.45) is 2.76. The molecule has 1 aromatic heterocycles. The van der Waals surface area contributed by atoms with Gasteiger partial charge in [-0.15, -0.1) is 10.2 Å². The van der Waals surface area contributed by atoms with Gasteiger partial charge < -0.3 is 9.80 Å². The lowest BCUT2D eigenvalue weighted by Crippen LogP contribution is -2.55. The molecule has 44 heavy (non-hydrogen) atoms. The molecule has 1 unspecified atom stereocenters. The van der Waals surface area contributed by atoms with Gasteiger partial charge in [0.25, 0.3) is 11.6 Å². The van der Waals surface area contributed by atoms with Gasteiger partial charge in [-0.1, -0.05) is 60.3 Å². The van der Waals surface area contributed by atoms with Crippen molar-refractivity contribution in [3.63, 3.8) is 0 Å². The zero-order valence-electron chi connectivity index (χ0n) is 25.0. The Balaban J connectivity index is 1.12. The van der Waals surface area contributed by atoms with Crippen molar-refractivity contribution in [3.05, 3.63) is 111 Å². The van der Waals surface area contributed by atoms with Gasteiger partial charge in [0.2, 0.25) is 5.91 Å². The molecule has 0 radical (unpaired) electrons. The predicted molar refractivity (Wildman–Crippen MR) is 170 cm³/mol. The quantitative estimate of drug-likeness (QED) is 0.0922. The highest BCUT2D eigenvalue weighted by Crippen LogP contribution is 2.26. The monoisotopic (exact) mass is 612 g/mol. The van der Waals surface area contributed by atoms with E-state index in [-0.39, 0.29) is 23.5 Å². The van der Waals surface area contributed by atoms with E-state index in [1.165, 1.54) is 29.8 Å². The molecule has 0 N–H and O–H groups in total. The minimum atomic E-state index is -0.486. The molecule has 1 saturated heterocycles. The van der Waals surface area contributed by atoms with Crippen molar-refractivity contribution in [3.8, 4) is 5.69 Å². The van der Waals surface area contributed by atoms with Crippen LogP contribution in [0.2, 0.25) is 0 Å². The van der Waals surface area contributed by atoms with E-state index in [1.54, 1.807) is 16.7 Å². The van der Waals surface area contributed by atoms with Gasteiger partial charge in [-0.05, 0) is 56.0 Å². The molecule has 11 heteroatoms. The van der Waals surface area contributed by atoms with Crippen molar-refractivity contribution in [1.82, 2.24) is 24.6 Å². The molecule has 1 aliphatic heterocycles. The number of nitro groups is 1. The maximum absolute atomic E-state index is 13.0. The van der Waals surface area contributed by atoms with Crippen molar-refractivity contribution in [1.29, 1.82) is 0 Å². The van der Waals surface area contributed by atoms with E-state index < -0.39 is 4.92 Å². The Kier molecular flexibility index (Phi) is 10.1. The number of piperazine rings is 1. The average Bonchev–Trinajstić information content (AvgIpc) is 3.42. The molecule has 3 aromatic carbocycles. The molecule has 228 valence electrons. The minimum absolute atomic E-state index is 0.0515. The topological polar surface area (TPSA) is 114 Å². The smallest absolute Gasteiger partial charge is 0.269 e. The highest BCUT2D eigenvalue weighted by molar-refractivity contribution is 7.99. The lowest BCUT2D eigenvalue weighted by molar-refractivity contribution is -0.384. The lowest BCUT2D eigenvalue weighted by atomic mass is 10.1. The number of thioether (sulfide) groups is 1. The second-order valence-corrected chi connectivity index (χ2v) is 12.0. The van der Waals surface area contributed by atoms with E-state index in [2.05, 4.69) is 46.0 Å². The van der Waals surface area contributed by atoms with Gasteiger partial charge >= 0.3 is 0 Å². The number of carbonyl (C=O) groups is 2. The molecule has 1 fully saturated rings. The number of aromatic nitrogens is 3. The second-order valence-electron chi connectivity index (χ2n) is 11.0. The molecule has 1 aliphatic rings. The van der Waals surface area contributed by atoms with Gasteiger partial charge in [0, 0.05) is 62.0 Å². The van der Waals surface area contributed by atoms with E-state index in [0.717, 1.165) is 40.8 Å². The zero-order valence-corrected chi connectivity index (χ0v) is 25.8. The number of amides is 2. The van der Waals surface area contributed by atoms with Crippen LogP contribution in [-0.2, 0) is 11.2 Å². The van der Waals surface area contributed by atoms with Crippen LogP contribution in [0.3, 0.4) is 0 Å². The third kappa shape index (κ3) is 7.34. The minimum Gasteiger partial charge on any atom is -0.339 e. The van der Waals surface area contributed by atoms with Gasteiger partial charge in [0.1, 0.15) is 5.82 Å². The normalized spacial score (nSPS) is 14.9. The maximum Gasteiger partial charge on any atom is 0.269 e. The summed E-state index contributed by atoms with van der Waals surface area (Å²) in [6.45, 7) is 5.39. The van der Waals surface area contributed by atoms with E-state index >= 15 is 0 Å². The number of hydrogen-bond acceptors (Lipinski definition) is 7. The maximum atomic E-state index is 13.0. The van der Waals surface area contributed by atoms with Crippen molar-refractivity contribution in [2.75, 3.05) is 25.4 Å². The Bertz CT molecular complexity index is 1610. The zero-order chi connectivity index (χ0) is 31.1. The Labute approximate surface area is 261 Å². The van der Waals surface area contributed by atoms with Crippen LogP contribution in [0.5, 0.6) is 0 Å². The first kappa shape index (κ1) is 30.9. The number of rotatable bonds is 11. The lowest BCUT2D eigenvalue weighted by Gasteiger charge is -2.40. The third-order valence-corrected chi connectivity index (χ3v) is 8.86. The highest BCUT2D eigenvalue weighted by atomic mass is 32.2. The Hall–Kier alpha value is -4.51. The molecule has 0 aliphatic carbocycles. The molecule has 1 atom stereocenters. The van der Waals surface area contributed by atoms with E-state index in [4.69, 9.17) is 0 Å². The first-order valence-corrected chi connectivity index (χ1v) is 15.8. The Morgan fingerprint density at radius 2 is 1.68 bits per heavy atom. The number of non-ortho nitro benzene ring substituents is 1. The molecular formula is C33H36N6O4S. The highest BCUT2D eigenvalue weighted by Gasteiger charge is 2.30. The van der Waals surface area contributed by atoms with E-state index in [9.17, 15) is 19.7 Å². The number of nitro benzene ring substituents is 1. The summed E-state index contributed by atoms with van der Waals surface area (Å²) in [5, 5.41) is 20.8. The number of unbranched alkanes of at least 4 members (excludes halogenated alkanes) is 1. The molecule has 0 spiro atoms. The average molecular weight is 613 g/mol. The fourth-order valence-corrected chi connectivity index (χ4v) is 6.38. The third-order valence-electron chi connectivity index (χ3n) is 7.84. The van der Waals surface area contributed by atoms with Crippen LogP contribution in [0.1, 0.15) is 53.5 Å². The molecule has 5 rings (SSSR count). The second kappa shape index (κ2) is 14.3. The summed E-state index contributed by atoms with van der Waals surface area (Å²) >= 11 is 1.66. The summed E-state index contributed by atoms with van der Waals surface area (Å²) in [4.78, 5) is 40.0. The summed E-state index contributed by atoms with van der Waals surface area (Å²) in [5.74, 6) is 1.62. The number of nitrogens with zero attached hydrogens (tertiary/aromatic N) is 6. The molecule has 2 heterocycles. The molecule has 0 saturated carbocycles. The number of hydrogen-bond donors (Lipinski definition) is 0. The van der Waals surface area contributed by atoms with Crippen LogP contribution in [0.25, 0.3) is 5.69 Å². The fraction of sp³-hybridized carbons (Fsp3) is 0.333. The van der Waals surface area contributed by atoms with Crippen LogP contribution >= 0.6 is 11.8 Å². The molecule has 10 nitrogen and oxygen atoms in total. The number of benzene rings is 3. The molecule has 0 bridgehead atoms. The van der Waals surface area contributed by atoms with Crippen LogP contribution in [-0.4, -0.2) is 72.7 Å². The summed E-state index contributed by atoms with van der Waals surface area (Å²) in [5.41, 5.74) is 3.75. The van der Waals surface area contributed by atoms with E-state index in [1.807, 2.05) is 42.2 Å². The van der Waals surface area contributed by atoms with Crippen LogP contribution in [0.4, 0.5) is 5.69 Å². The van der Waals surface area contributed by atoms with Crippen molar-refractivity contribution in [2.45, 2.75) is 50.7 Å². The first-order chi connectivity index (χ1) is 21.3. The number of para-hydroxylation sites is 1. The van der Waals surface area contributed by atoms with Gasteiger partial charge in [0.05, 0.1) is 10.6 Å². The Morgan fingerprint density at radius 3 is 2.39 bits per heavy atom.